The Morgan fingerprint density at radius 3 is 2.45 bits per heavy atom. The molecule has 0 saturated heterocycles. The summed E-state index contributed by atoms with van der Waals surface area (Å²) in [5.74, 6) is -0.338. The van der Waals surface area contributed by atoms with Crippen molar-refractivity contribution in [3.63, 3.8) is 0 Å². The van der Waals surface area contributed by atoms with E-state index in [0.29, 0.717) is 12.1 Å². The molecule has 0 aliphatic heterocycles. The second-order valence-electron chi connectivity index (χ2n) is 5.23. The van der Waals surface area contributed by atoms with Gasteiger partial charge in [0, 0.05) is 25.1 Å². The molecule has 1 aromatic rings. The molecule has 0 spiro atoms. The summed E-state index contributed by atoms with van der Waals surface area (Å²) in [7, 11) is 0. The van der Waals surface area contributed by atoms with Crippen molar-refractivity contribution in [3.05, 3.63) is 35.9 Å². The van der Waals surface area contributed by atoms with Crippen LogP contribution in [0.1, 0.15) is 36.0 Å². The van der Waals surface area contributed by atoms with E-state index in [4.69, 9.17) is 0 Å². The molecule has 0 bridgehead atoms. The molecule has 5 nitrogen and oxygen atoms in total. The highest BCUT2D eigenvalue weighted by Gasteiger charge is 2.34. The number of amides is 2. The molecule has 0 unspecified atom stereocenters. The highest BCUT2D eigenvalue weighted by atomic mass is 16.3. The Balaban J connectivity index is 1.63. The minimum Gasteiger partial charge on any atom is -0.388 e. The first-order valence-electron chi connectivity index (χ1n) is 6.91. The zero-order valence-corrected chi connectivity index (χ0v) is 11.4. The van der Waals surface area contributed by atoms with Gasteiger partial charge in [0.1, 0.15) is 0 Å². The molecule has 1 aliphatic rings. The van der Waals surface area contributed by atoms with Crippen molar-refractivity contribution in [1.82, 2.24) is 10.6 Å². The first-order chi connectivity index (χ1) is 9.59. The summed E-state index contributed by atoms with van der Waals surface area (Å²) in [4.78, 5) is 23.3. The molecule has 20 heavy (non-hydrogen) atoms. The summed E-state index contributed by atoms with van der Waals surface area (Å²) in [6.45, 7) is 0.594. The van der Waals surface area contributed by atoms with Gasteiger partial charge in [-0.2, -0.15) is 0 Å². The van der Waals surface area contributed by atoms with Crippen LogP contribution in [0.3, 0.4) is 0 Å². The Hall–Kier alpha value is -1.88. The van der Waals surface area contributed by atoms with Crippen molar-refractivity contribution in [1.29, 1.82) is 0 Å². The van der Waals surface area contributed by atoms with Gasteiger partial charge in [0.05, 0.1) is 5.60 Å². The predicted octanol–water partition coefficient (Wildman–Crippen LogP) is 0.838. The maximum Gasteiger partial charge on any atom is 0.251 e. The zero-order chi connectivity index (χ0) is 14.4. The second-order valence-corrected chi connectivity index (χ2v) is 5.23. The summed E-state index contributed by atoms with van der Waals surface area (Å²) in [5.41, 5.74) is -0.125. The summed E-state index contributed by atoms with van der Waals surface area (Å²) >= 11 is 0. The van der Waals surface area contributed by atoms with Crippen LogP contribution in [0.5, 0.6) is 0 Å². The van der Waals surface area contributed by atoms with Crippen LogP contribution < -0.4 is 10.6 Å². The van der Waals surface area contributed by atoms with Gasteiger partial charge in [-0.15, -0.1) is 0 Å². The van der Waals surface area contributed by atoms with Crippen LogP contribution in [-0.4, -0.2) is 35.6 Å². The quantitative estimate of drug-likeness (QED) is 0.720. The van der Waals surface area contributed by atoms with E-state index in [1.165, 1.54) is 0 Å². The van der Waals surface area contributed by atoms with E-state index in [9.17, 15) is 14.7 Å². The molecule has 2 rings (SSSR count). The average Bonchev–Trinajstić information content (AvgIpc) is 2.44. The highest BCUT2D eigenvalue weighted by molar-refractivity contribution is 5.94. The third-order valence-corrected chi connectivity index (χ3v) is 3.57. The molecule has 0 aromatic heterocycles. The van der Waals surface area contributed by atoms with Gasteiger partial charge in [-0.25, -0.2) is 0 Å². The maximum absolute atomic E-state index is 11.7. The number of carbonyl (C=O) groups excluding carboxylic acids is 2. The number of hydrogen-bond acceptors (Lipinski definition) is 3. The van der Waals surface area contributed by atoms with Crippen LogP contribution >= 0.6 is 0 Å². The highest BCUT2D eigenvalue weighted by Crippen LogP contribution is 2.30. The zero-order valence-electron chi connectivity index (χ0n) is 11.4. The van der Waals surface area contributed by atoms with Crippen LogP contribution in [0.4, 0.5) is 0 Å². The number of carbonyl (C=O) groups is 2. The van der Waals surface area contributed by atoms with E-state index < -0.39 is 5.60 Å². The molecule has 1 saturated carbocycles. The van der Waals surface area contributed by atoms with Gasteiger partial charge in [0.25, 0.3) is 5.91 Å². The molecule has 0 heterocycles. The molecule has 1 aromatic carbocycles. The fourth-order valence-electron chi connectivity index (χ4n) is 2.09. The molecule has 5 heteroatoms. The van der Waals surface area contributed by atoms with Gasteiger partial charge in [0.2, 0.25) is 5.91 Å². The van der Waals surface area contributed by atoms with Crippen molar-refractivity contribution in [2.45, 2.75) is 31.3 Å². The normalized spacial score (nSPS) is 16.1. The lowest BCUT2D eigenvalue weighted by atomic mass is 9.80. The van der Waals surface area contributed by atoms with Crippen molar-refractivity contribution in [3.8, 4) is 0 Å². The summed E-state index contributed by atoms with van der Waals surface area (Å²) in [6.07, 6.45) is 2.73. The van der Waals surface area contributed by atoms with Crippen molar-refractivity contribution in [2.24, 2.45) is 0 Å². The van der Waals surface area contributed by atoms with Gasteiger partial charge >= 0.3 is 0 Å². The minimum absolute atomic E-state index is 0.154. The third kappa shape index (κ3) is 4.06. The maximum atomic E-state index is 11.7. The fourth-order valence-corrected chi connectivity index (χ4v) is 2.09. The first-order valence-corrected chi connectivity index (χ1v) is 6.91. The first kappa shape index (κ1) is 14.5. The van der Waals surface area contributed by atoms with Gasteiger partial charge in [-0.3, -0.25) is 9.59 Å². The lowest BCUT2D eigenvalue weighted by Gasteiger charge is -2.36. The number of benzene rings is 1. The van der Waals surface area contributed by atoms with Crippen molar-refractivity contribution >= 4 is 11.8 Å². The van der Waals surface area contributed by atoms with E-state index in [-0.39, 0.29) is 24.8 Å². The third-order valence-electron chi connectivity index (χ3n) is 3.57. The average molecular weight is 276 g/mol. The number of nitrogens with one attached hydrogen (secondary N) is 2. The molecule has 1 fully saturated rings. The number of hydrogen-bond donors (Lipinski definition) is 3. The van der Waals surface area contributed by atoms with Crippen molar-refractivity contribution < 1.29 is 14.7 Å². The van der Waals surface area contributed by atoms with E-state index in [1.807, 2.05) is 6.07 Å². The molecule has 3 N–H and O–H groups in total. The Bertz CT molecular complexity index is 469. The summed E-state index contributed by atoms with van der Waals surface area (Å²) in [5, 5.41) is 15.2. The van der Waals surface area contributed by atoms with Crippen LogP contribution in [-0.2, 0) is 4.79 Å². The molecule has 0 radical (unpaired) electrons. The van der Waals surface area contributed by atoms with Gasteiger partial charge < -0.3 is 15.7 Å². The minimum atomic E-state index is -0.705. The van der Waals surface area contributed by atoms with Crippen LogP contribution in [0.25, 0.3) is 0 Å². The van der Waals surface area contributed by atoms with E-state index in [0.717, 1.165) is 19.3 Å². The van der Waals surface area contributed by atoms with Crippen LogP contribution in [0.15, 0.2) is 30.3 Å². The Labute approximate surface area is 118 Å². The molecule has 1 aliphatic carbocycles. The Morgan fingerprint density at radius 2 is 1.85 bits per heavy atom. The second kappa shape index (κ2) is 6.52. The number of aliphatic hydroxyl groups is 1. The SMILES string of the molecule is O=C(CCNC(=O)c1ccccc1)NCC1(O)CCC1. The largest absolute Gasteiger partial charge is 0.388 e. The van der Waals surface area contributed by atoms with E-state index >= 15 is 0 Å². The van der Waals surface area contributed by atoms with Crippen molar-refractivity contribution in [2.75, 3.05) is 13.1 Å². The van der Waals surface area contributed by atoms with E-state index in [1.54, 1.807) is 24.3 Å². The molecule has 2 amide bonds. The Morgan fingerprint density at radius 1 is 1.15 bits per heavy atom. The monoisotopic (exact) mass is 276 g/mol. The smallest absolute Gasteiger partial charge is 0.251 e. The van der Waals surface area contributed by atoms with E-state index in [2.05, 4.69) is 10.6 Å². The van der Waals surface area contributed by atoms with Crippen LogP contribution in [0, 0.1) is 0 Å². The van der Waals surface area contributed by atoms with Gasteiger partial charge in [0.15, 0.2) is 0 Å². The summed E-state index contributed by atoms with van der Waals surface area (Å²) in [6, 6.07) is 8.88. The number of rotatable bonds is 6. The predicted molar refractivity (Wildman–Crippen MR) is 75.2 cm³/mol. The van der Waals surface area contributed by atoms with Crippen LogP contribution in [0.2, 0.25) is 0 Å². The Kier molecular flexibility index (Phi) is 4.74. The fraction of sp³-hybridized carbons (Fsp3) is 0.467. The molecule has 0 atom stereocenters. The lowest BCUT2D eigenvalue weighted by Crippen LogP contribution is -2.48. The summed E-state index contributed by atoms with van der Waals surface area (Å²) < 4.78 is 0. The standard InChI is InChI=1S/C15H20N2O3/c18-13(17-11-15(20)8-4-9-15)7-10-16-14(19)12-5-2-1-3-6-12/h1-3,5-6,20H,4,7-11H2,(H,16,19)(H,17,18). The molecular formula is C15H20N2O3. The molecule has 108 valence electrons. The van der Waals surface area contributed by atoms with Gasteiger partial charge in [-0.1, -0.05) is 18.2 Å². The van der Waals surface area contributed by atoms with Gasteiger partial charge in [-0.05, 0) is 31.4 Å². The topological polar surface area (TPSA) is 78.4 Å². The molecular weight excluding hydrogens is 256 g/mol. The lowest BCUT2D eigenvalue weighted by molar-refractivity contribution is -0.123.